The van der Waals surface area contributed by atoms with Gasteiger partial charge in [-0.1, -0.05) is 83.6 Å². The van der Waals surface area contributed by atoms with E-state index in [2.05, 4.69) is 74.9 Å². The minimum absolute atomic E-state index is 0.968. The van der Waals surface area contributed by atoms with Crippen molar-refractivity contribution in [1.82, 2.24) is 4.90 Å². The smallest absolute Gasteiger partial charge is 0.0210 e. The van der Waals surface area contributed by atoms with Crippen molar-refractivity contribution >= 4 is 24.7 Å². The Morgan fingerprint density at radius 3 is 1.11 bits per heavy atom. The molecule has 8 heteroatoms. The van der Waals surface area contributed by atoms with Gasteiger partial charge in [0.1, 0.15) is 0 Å². The summed E-state index contributed by atoms with van der Waals surface area (Å²) in [5.41, 5.74) is 0. The van der Waals surface area contributed by atoms with Crippen molar-refractivity contribution in [3.63, 3.8) is 0 Å². The van der Waals surface area contributed by atoms with E-state index in [-0.39, 0.29) is 0 Å². The quantitative estimate of drug-likeness (QED) is 0.233. The van der Waals surface area contributed by atoms with Crippen LogP contribution in [-0.2, 0) is 19.2 Å². The van der Waals surface area contributed by atoms with Crippen molar-refractivity contribution in [2.45, 2.75) is 78.7 Å². The third-order valence-electron chi connectivity index (χ3n) is 3.36. The molecular formula is C19H46N4Si3W-3. The number of unbranched alkanes of at least 4 members (excludes halogenated alkanes) is 1. The van der Waals surface area contributed by atoms with Crippen molar-refractivity contribution in [2.24, 2.45) is 0 Å². The van der Waals surface area contributed by atoms with Gasteiger partial charge < -0.3 is 19.8 Å². The van der Waals surface area contributed by atoms with Gasteiger partial charge in [-0.15, -0.1) is 19.6 Å². The molecule has 0 aliphatic rings. The molecule has 0 fully saturated rings. The van der Waals surface area contributed by atoms with E-state index in [4.69, 9.17) is 14.9 Å². The Morgan fingerprint density at radius 2 is 0.963 bits per heavy atom. The van der Waals surface area contributed by atoms with Crippen LogP contribution in [0.25, 0.3) is 14.9 Å². The molecule has 0 N–H and O–H groups in total. The van der Waals surface area contributed by atoms with Crippen molar-refractivity contribution < 1.29 is 19.2 Å². The van der Waals surface area contributed by atoms with Crippen LogP contribution in [0.15, 0.2) is 0 Å². The number of nitrogens with zero attached hydrogens (tertiary/aromatic N) is 4. The van der Waals surface area contributed by atoms with E-state index in [0.29, 0.717) is 0 Å². The van der Waals surface area contributed by atoms with Crippen LogP contribution in [0.2, 0.25) is 58.9 Å². The van der Waals surface area contributed by atoms with E-state index in [1.54, 1.807) is 0 Å². The van der Waals surface area contributed by atoms with Crippen molar-refractivity contribution in [1.29, 1.82) is 0 Å². The first-order valence-electron chi connectivity index (χ1n) is 10.3. The zero-order valence-corrected chi connectivity index (χ0v) is 25.8. The van der Waals surface area contributed by atoms with E-state index in [9.17, 15) is 0 Å². The molecule has 0 aromatic rings. The molecule has 0 heterocycles. The van der Waals surface area contributed by atoms with E-state index in [1.807, 2.05) is 0 Å². The molecule has 0 radical (unpaired) electrons. The van der Waals surface area contributed by atoms with Crippen LogP contribution in [0.3, 0.4) is 0 Å². The standard InChI is InChI=1S/C15H39N4Si3.C4H7.W/c1-20(2,3)16-10-13-19(14-11-17-21(4,5)6)15-12-18-22(7,8)9;1-3-4-2;/h10-15H2,1-9H3;3-4H2,1H3;/q-3;;. The summed E-state index contributed by atoms with van der Waals surface area (Å²) in [6, 6.07) is 0. The molecule has 0 aliphatic carbocycles. The third kappa shape index (κ3) is 29.3. The first-order chi connectivity index (χ1) is 12.2. The Kier molecular flexibility index (Phi) is 17.6. The summed E-state index contributed by atoms with van der Waals surface area (Å²) < 4.78 is 3.10. The molecular weight excluding hydrogens is 552 g/mol. The number of rotatable bonds is 13. The van der Waals surface area contributed by atoms with Crippen molar-refractivity contribution in [2.75, 3.05) is 39.3 Å². The summed E-state index contributed by atoms with van der Waals surface area (Å²) in [5.74, 6) is 0. The Morgan fingerprint density at radius 1 is 0.667 bits per heavy atom. The second-order valence-electron chi connectivity index (χ2n) is 9.89. The molecule has 27 heavy (non-hydrogen) atoms. The molecule has 0 saturated heterocycles. The van der Waals surface area contributed by atoms with Crippen LogP contribution in [0, 0.1) is 4.20 Å². The fourth-order valence-electron chi connectivity index (χ4n) is 2.02. The Labute approximate surface area is 185 Å². The Bertz CT molecular complexity index is 348. The van der Waals surface area contributed by atoms with Gasteiger partial charge in [-0.25, -0.2) is 0 Å². The molecule has 0 atom stereocenters. The summed E-state index contributed by atoms with van der Waals surface area (Å²) in [4.78, 5) is 17.1. The first-order valence-corrected chi connectivity index (χ1v) is 22.1. The van der Waals surface area contributed by atoms with Crippen molar-refractivity contribution in [3.8, 4) is 4.20 Å². The minimum Gasteiger partial charge on any atom is -0.664 e. The number of hydrogen-bond donors (Lipinski definition) is 0. The molecule has 0 saturated carbocycles. The zero-order chi connectivity index (χ0) is 21.6. The van der Waals surface area contributed by atoms with Gasteiger partial charge in [0.2, 0.25) is 0 Å². The van der Waals surface area contributed by atoms with Gasteiger partial charge in [-0.3, -0.25) is 0 Å². The average Bonchev–Trinajstić information content (AvgIpc) is 2.44. The molecule has 0 rings (SSSR count). The molecule has 163 valence electrons. The van der Waals surface area contributed by atoms with Gasteiger partial charge in [-0.2, -0.15) is 0 Å². The van der Waals surface area contributed by atoms with E-state index >= 15 is 0 Å². The summed E-state index contributed by atoms with van der Waals surface area (Å²) in [6.07, 6.45) is 2.43. The fourth-order valence-corrected chi connectivity index (χ4v) is 5.06. The summed E-state index contributed by atoms with van der Waals surface area (Å²) >= 11 is 1.47. The molecule has 0 amide bonds. The third-order valence-corrected chi connectivity index (χ3v) is 7.61. The van der Waals surface area contributed by atoms with Gasteiger partial charge in [0.25, 0.3) is 0 Å². The van der Waals surface area contributed by atoms with E-state index < -0.39 is 24.7 Å². The Balaban J connectivity index is 0. The summed E-state index contributed by atoms with van der Waals surface area (Å²) in [6.45, 7) is 29.0. The zero-order valence-electron chi connectivity index (χ0n) is 19.9. The van der Waals surface area contributed by atoms with Crippen LogP contribution < -0.4 is 0 Å². The SMILES string of the molecule is CCC[C]#[W].C[Si](C)(C)[N-]CCN(CC[N-][Si](C)(C)C)CC[N-][Si](C)(C)C. The molecule has 0 aliphatic heterocycles. The van der Waals surface area contributed by atoms with Gasteiger partial charge in [0.05, 0.1) is 0 Å². The second kappa shape index (κ2) is 15.8. The monoisotopic (exact) mass is 598 g/mol. The van der Waals surface area contributed by atoms with Crippen LogP contribution in [0.1, 0.15) is 19.8 Å². The fraction of sp³-hybridized carbons (Fsp3) is 0.947. The Hall–Kier alpha value is 0.959. The summed E-state index contributed by atoms with van der Waals surface area (Å²) in [5, 5.41) is 0. The predicted octanol–water partition coefficient (Wildman–Crippen LogP) is 6.21. The van der Waals surface area contributed by atoms with Crippen molar-refractivity contribution in [3.05, 3.63) is 14.9 Å². The average molecular weight is 599 g/mol. The maximum absolute atomic E-state index is 4.86. The maximum Gasteiger partial charge on any atom is -0.0210 e. The van der Waals surface area contributed by atoms with E-state index in [1.165, 1.54) is 32.0 Å². The topological polar surface area (TPSA) is 45.5 Å². The van der Waals surface area contributed by atoms with Gasteiger partial charge in [-0.05, 0) is 19.6 Å². The van der Waals surface area contributed by atoms with Crippen LogP contribution in [-0.4, -0.2) is 68.9 Å². The maximum atomic E-state index is 4.86. The van der Waals surface area contributed by atoms with Crippen LogP contribution in [0.4, 0.5) is 0 Å². The van der Waals surface area contributed by atoms with E-state index in [0.717, 1.165) is 39.3 Å². The minimum atomic E-state index is -1.28. The molecule has 0 aromatic heterocycles. The largest absolute Gasteiger partial charge is 0.664 e. The van der Waals surface area contributed by atoms with Crippen LogP contribution >= 0.6 is 0 Å². The molecule has 4 nitrogen and oxygen atoms in total. The molecule has 0 aromatic carbocycles. The van der Waals surface area contributed by atoms with Gasteiger partial charge >= 0.3 is 43.1 Å². The van der Waals surface area contributed by atoms with Gasteiger partial charge in [0.15, 0.2) is 0 Å². The normalized spacial score (nSPS) is 12.5. The first kappa shape index (κ1) is 30.2. The number of hydrogen-bond acceptors (Lipinski definition) is 1. The summed E-state index contributed by atoms with van der Waals surface area (Å²) in [7, 11) is -3.84. The van der Waals surface area contributed by atoms with Crippen LogP contribution in [0.5, 0.6) is 0 Å². The predicted molar refractivity (Wildman–Crippen MR) is 130 cm³/mol. The molecule has 0 unspecified atom stereocenters. The van der Waals surface area contributed by atoms with Gasteiger partial charge in [0, 0.05) is 0 Å². The second-order valence-corrected chi connectivity index (χ2v) is 24.9. The molecule has 0 bridgehead atoms. The molecule has 0 spiro atoms.